The van der Waals surface area contributed by atoms with E-state index in [0.717, 1.165) is 6.26 Å². The van der Waals surface area contributed by atoms with E-state index in [-0.39, 0.29) is 22.8 Å². The second kappa shape index (κ2) is 8.80. The molecule has 0 heterocycles. The zero-order valence-corrected chi connectivity index (χ0v) is 14.9. The molecule has 0 aliphatic carbocycles. The van der Waals surface area contributed by atoms with Gasteiger partial charge in [0.2, 0.25) is 0 Å². The van der Waals surface area contributed by atoms with Crippen LogP contribution >= 0.6 is 12.2 Å². The zero-order valence-electron chi connectivity index (χ0n) is 13.3. The summed E-state index contributed by atoms with van der Waals surface area (Å²) in [7, 11) is -1.51. The molecule has 0 bridgehead atoms. The summed E-state index contributed by atoms with van der Waals surface area (Å²) in [5, 5.41) is 3.21. The molecule has 3 N–H and O–H groups in total. The van der Waals surface area contributed by atoms with E-state index < -0.39 is 9.84 Å². The molecule has 1 aromatic carbocycles. The lowest BCUT2D eigenvalue weighted by atomic mass is 10.1. The number of sulfone groups is 1. The van der Waals surface area contributed by atoms with E-state index in [1.54, 1.807) is 31.4 Å². The fourth-order valence-corrected chi connectivity index (χ4v) is 2.84. The molecule has 0 unspecified atom stereocenters. The first kappa shape index (κ1) is 19.3. The van der Waals surface area contributed by atoms with Gasteiger partial charge in [-0.25, -0.2) is 8.42 Å². The lowest BCUT2D eigenvalue weighted by Gasteiger charge is -2.16. The van der Waals surface area contributed by atoms with Crippen LogP contribution in [0.1, 0.15) is 22.8 Å². The Morgan fingerprint density at radius 1 is 1.26 bits per heavy atom. The van der Waals surface area contributed by atoms with Crippen LogP contribution in [0.2, 0.25) is 0 Å². The molecule has 0 radical (unpaired) electrons. The van der Waals surface area contributed by atoms with Gasteiger partial charge in [0.1, 0.15) is 0 Å². The lowest BCUT2D eigenvalue weighted by molar-refractivity contribution is 0.0943. The molecule has 7 nitrogen and oxygen atoms in total. The Balaban J connectivity index is 2.50. The van der Waals surface area contributed by atoms with Gasteiger partial charge in [-0.2, -0.15) is 0 Å². The van der Waals surface area contributed by atoms with Crippen molar-refractivity contribution in [2.75, 3.05) is 20.0 Å². The molecule has 0 spiro atoms. The Hall–Kier alpha value is -1.71. The quantitative estimate of drug-likeness (QED) is 0.499. The van der Waals surface area contributed by atoms with Crippen molar-refractivity contribution in [2.24, 2.45) is 0 Å². The molecule has 0 saturated heterocycles. The van der Waals surface area contributed by atoms with Crippen LogP contribution < -0.4 is 16.2 Å². The number of nitrogens with one attached hydrogen (secondary N) is 3. The summed E-state index contributed by atoms with van der Waals surface area (Å²) < 4.78 is 27.4. The fourth-order valence-electron chi connectivity index (χ4n) is 1.79. The number of hydrogen-bond donors (Lipinski definition) is 3. The maximum Gasteiger partial charge on any atom is 0.269 e. The highest BCUT2D eigenvalue weighted by atomic mass is 32.2. The van der Waals surface area contributed by atoms with E-state index in [1.807, 2.05) is 6.92 Å². The van der Waals surface area contributed by atoms with Crippen LogP contribution in [0.4, 0.5) is 0 Å². The van der Waals surface area contributed by atoms with Crippen molar-refractivity contribution < 1.29 is 17.9 Å². The minimum Gasteiger partial charge on any atom is -0.383 e. The van der Waals surface area contributed by atoms with Crippen LogP contribution in [-0.2, 0) is 20.3 Å². The molecule has 0 saturated carbocycles. The van der Waals surface area contributed by atoms with Crippen LogP contribution in [0.25, 0.3) is 0 Å². The number of hydrazine groups is 1. The van der Waals surface area contributed by atoms with Crippen molar-refractivity contribution in [3.05, 3.63) is 35.4 Å². The maximum atomic E-state index is 12.0. The van der Waals surface area contributed by atoms with Crippen molar-refractivity contribution in [2.45, 2.75) is 18.7 Å². The minimum absolute atomic E-state index is 0.00665. The van der Waals surface area contributed by atoms with Crippen molar-refractivity contribution >= 4 is 33.1 Å². The Morgan fingerprint density at radius 3 is 2.39 bits per heavy atom. The predicted octanol–water partition coefficient (Wildman–Crippen LogP) is 0.375. The number of benzene rings is 1. The van der Waals surface area contributed by atoms with E-state index in [0.29, 0.717) is 17.7 Å². The molecule has 1 atom stereocenters. The van der Waals surface area contributed by atoms with Crippen LogP contribution in [-0.4, -0.2) is 45.5 Å². The first-order valence-corrected chi connectivity index (χ1v) is 9.30. The van der Waals surface area contributed by atoms with Gasteiger partial charge in [0.05, 0.1) is 12.4 Å². The van der Waals surface area contributed by atoms with Gasteiger partial charge in [-0.3, -0.25) is 15.6 Å². The van der Waals surface area contributed by atoms with E-state index in [2.05, 4.69) is 16.2 Å². The van der Waals surface area contributed by atoms with E-state index in [1.165, 1.54) is 0 Å². The SMILES string of the molecule is COC[C@H](C)NC(=S)NNC(=O)c1ccc(CS(C)(=O)=O)cc1. The van der Waals surface area contributed by atoms with Gasteiger partial charge in [-0.1, -0.05) is 12.1 Å². The molecule has 1 rings (SSSR count). The molecular formula is C14H21N3O4S2. The van der Waals surface area contributed by atoms with Crippen molar-refractivity contribution in [1.29, 1.82) is 0 Å². The zero-order chi connectivity index (χ0) is 17.5. The number of rotatable bonds is 6. The second-order valence-corrected chi connectivity index (χ2v) is 7.72. The fraction of sp³-hybridized carbons (Fsp3) is 0.429. The van der Waals surface area contributed by atoms with Gasteiger partial charge < -0.3 is 10.1 Å². The average Bonchev–Trinajstić information content (AvgIpc) is 2.44. The lowest BCUT2D eigenvalue weighted by Crippen LogP contribution is -2.49. The number of carbonyl (C=O) groups is 1. The van der Waals surface area contributed by atoms with Crippen LogP contribution in [0.3, 0.4) is 0 Å². The predicted molar refractivity (Wildman–Crippen MR) is 92.7 cm³/mol. The second-order valence-electron chi connectivity index (χ2n) is 5.18. The number of carbonyl (C=O) groups excluding carboxylic acids is 1. The van der Waals surface area contributed by atoms with Gasteiger partial charge in [-0.05, 0) is 36.8 Å². The summed E-state index contributed by atoms with van der Waals surface area (Å²) in [5.74, 6) is -0.433. The number of methoxy groups -OCH3 is 1. The molecule has 0 fully saturated rings. The van der Waals surface area contributed by atoms with Gasteiger partial charge in [-0.15, -0.1) is 0 Å². The largest absolute Gasteiger partial charge is 0.383 e. The Morgan fingerprint density at radius 2 is 1.87 bits per heavy atom. The number of thiocarbonyl (C=S) groups is 1. The summed E-state index contributed by atoms with van der Waals surface area (Å²) in [4.78, 5) is 12.0. The Kier molecular flexibility index (Phi) is 7.40. The highest BCUT2D eigenvalue weighted by Crippen LogP contribution is 2.07. The third-order valence-electron chi connectivity index (χ3n) is 2.73. The molecule has 1 amide bonds. The summed E-state index contributed by atoms with van der Waals surface area (Å²) in [5.41, 5.74) is 6.07. The summed E-state index contributed by atoms with van der Waals surface area (Å²) in [6.07, 6.45) is 1.16. The molecule has 0 aromatic heterocycles. The van der Waals surface area contributed by atoms with E-state index in [4.69, 9.17) is 17.0 Å². The summed E-state index contributed by atoms with van der Waals surface area (Å²) in [6.45, 7) is 2.37. The van der Waals surface area contributed by atoms with Crippen LogP contribution in [0.5, 0.6) is 0 Å². The van der Waals surface area contributed by atoms with Crippen LogP contribution in [0.15, 0.2) is 24.3 Å². The number of ether oxygens (including phenoxy) is 1. The highest BCUT2D eigenvalue weighted by molar-refractivity contribution is 7.89. The van der Waals surface area contributed by atoms with E-state index >= 15 is 0 Å². The van der Waals surface area contributed by atoms with Gasteiger partial charge in [0, 0.05) is 25.0 Å². The molecule has 128 valence electrons. The van der Waals surface area contributed by atoms with Crippen molar-refractivity contribution in [3.8, 4) is 0 Å². The van der Waals surface area contributed by atoms with Crippen molar-refractivity contribution in [1.82, 2.24) is 16.2 Å². The van der Waals surface area contributed by atoms with Gasteiger partial charge in [0.25, 0.3) is 5.91 Å². The number of hydrogen-bond acceptors (Lipinski definition) is 5. The Labute approximate surface area is 141 Å². The van der Waals surface area contributed by atoms with Crippen molar-refractivity contribution in [3.63, 3.8) is 0 Å². The molecule has 9 heteroatoms. The maximum absolute atomic E-state index is 12.0. The third-order valence-corrected chi connectivity index (χ3v) is 3.81. The van der Waals surface area contributed by atoms with E-state index in [9.17, 15) is 13.2 Å². The number of amides is 1. The molecule has 1 aromatic rings. The van der Waals surface area contributed by atoms with Gasteiger partial charge in [0.15, 0.2) is 14.9 Å². The first-order chi connectivity index (χ1) is 10.7. The first-order valence-electron chi connectivity index (χ1n) is 6.83. The highest BCUT2D eigenvalue weighted by Gasteiger charge is 2.09. The molecular weight excluding hydrogens is 338 g/mol. The van der Waals surface area contributed by atoms with Crippen LogP contribution in [0, 0.1) is 0 Å². The van der Waals surface area contributed by atoms with Gasteiger partial charge >= 0.3 is 0 Å². The summed E-state index contributed by atoms with van der Waals surface area (Å²) >= 11 is 5.03. The third kappa shape index (κ3) is 7.91. The monoisotopic (exact) mass is 359 g/mol. The molecule has 0 aliphatic heterocycles. The Bertz CT molecular complexity index is 644. The topological polar surface area (TPSA) is 96.5 Å². The summed E-state index contributed by atoms with van der Waals surface area (Å²) in [6, 6.07) is 6.33. The average molecular weight is 359 g/mol. The normalized spacial score (nSPS) is 12.3. The molecule has 23 heavy (non-hydrogen) atoms. The molecule has 0 aliphatic rings. The standard InChI is InChI=1S/C14H21N3O4S2/c1-10(8-21-2)15-14(22)17-16-13(18)12-6-4-11(5-7-12)9-23(3,19)20/h4-7,10H,8-9H2,1-3H3,(H,16,18)(H2,15,17,22)/t10-/m0/s1. The smallest absolute Gasteiger partial charge is 0.269 e. The minimum atomic E-state index is -3.10.